The van der Waals surface area contributed by atoms with Crippen molar-refractivity contribution in [2.24, 2.45) is 23.7 Å². The van der Waals surface area contributed by atoms with Gasteiger partial charge in [0.05, 0.1) is 57.3 Å². The normalized spacial score (nSPS) is 21.8. The Morgan fingerprint density at radius 2 is 1.13 bits per heavy atom. The van der Waals surface area contributed by atoms with E-state index in [-0.39, 0.29) is 82.2 Å². The van der Waals surface area contributed by atoms with Crippen LogP contribution in [-0.2, 0) is 43.7 Å². The minimum Gasteiger partial charge on any atom is -0.463 e. The van der Waals surface area contributed by atoms with Crippen LogP contribution >= 0.6 is 0 Å². The van der Waals surface area contributed by atoms with Gasteiger partial charge in [0.2, 0.25) is 0 Å². The first-order valence-corrected chi connectivity index (χ1v) is 19.3. The highest BCUT2D eigenvalue weighted by molar-refractivity contribution is 5.84. The van der Waals surface area contributed by atoms with Gasteiger partial charge in [-0.25, -0.2) is 9.59 Å². The minimum atomic E-state index is -0.625. The predicted molar refractivity (Wildman–Crippen MR) is 201 cm³/mol. The summed E-state index contributed by atoms with van der Waals surface area (Å²) in [6.45, 7) is 3.87. The van der Waals surface area contributed by atoms with Crippen molar-refractivity contribution in [3.05, 3.63) is 120 Å². The summed E-state index contributed by atoms with van der Waals surface area (Å²) in [6, 6.07) is 31.6. The van der Waals surface area contributed by atoms with Crippen LogP contribution in [0.15, 0.2) is 103 Å². The highest BCUT2D eigenvalue weighted by atomic mass is 16.7. The number of amides is 2. The zero-order valence-corrected chi connectivity index (χ0v) is 31.0. The summed E-state index contributed by atoms with van der Waals surface area (Å²) in [7, 11) is 0. The number of carbonyl (C=O) groups is 4. The molecule has 7 rings (SSSR count). The molecule has 2 heterocycles. The molecular weight excluding hydrogens is 702 g/mol. The molecule has 55 heavy (non-hydrogen) atoms. The molecule has 1 saturated carbocycles. The van der Waals surface area contributed by atoms with E-state index in [2.05, 4.69) is 89.8 Å². The van der Waals surface area contributed by atoms with Gasteiger partial charge in [0, 0.05) is 26.2 Å². The van der Waals surface area contributed by atoms with Crippen molar-refractivity contribution in [3.8, 4) is 0 Å². The number of benzene rings is 3. The van der Waals surface area contributed by atoms with E-state index in [1.807, 2.05) is 18.2 Å². The van der Waals surface area contributed by atoms with Crippen LogP contribution in [0.2, 0.25) is 0 Å². The predicted octanol–water partition coefficient (Wildman–Crippen LogP) is 4.83. The highest BCUT2D eigenvalue weighted by Gasteiger charge is 2.55. The van der Waals surface area contributed by atoms with Gasteiger partial charge in [-0.2, -0.15) is 5.06 Å². The number of ether oxygens (including phenoxy) is 4. The van der Waals surface area contributed by atoms with Crippen molar-refractivity contribution in [1.29, 1.82) is 0 Å². The molecule has 2 aliphatic heterocycles. The number of carbonyl (C=O) groups excluding carboxylic acids is 4. The molecule has 290 valence electrons. The Kier molecular flexibility index (Phi) is 12.6. The standard InChI is InChI=1S/C43H49N3O9/c47-38(18-19-39(48)55-46-31-37-32-16-17-33(30-32)40(37)41(46)49)53-28-26-51-24-25-52-27-29-54-42(50)44-20-22-45(23-21-44)43(34-10-4-1-5-11-34,35-12-6-2-7-13-35)36-14-8-3-9-15-36/h1-17,32-33,37,40H,18-31H2/t32-,33+,37-,40?/m1/s1. The van der Waals surface area contributed by atoms with Crippen molar-refractivity contribution in [1.82, 2.24) is 14.9 Å². The molecule has 2 amide bonds. The maximum Gasteiger partial charge on any atom is 0.409 e. The number of esters is 1. The van der Waals surface area contributed by atoms with E-state index in [1.165, 1.54) is 21.8 Å². The Labute approximate surface area is 321 Å². The van der Waals surface area contributed by atoms with Crippen molar-refractivity contribution >= 4 is 23.9 Å². The van der Waals surface area contributed by atoms with Crippen LogP contribution in [-0.4, -0.2) is 111 Å². The molecule has 3 aromatic rings. The molecule has 12 nitrogen and oxygen atoms in total. The third-order valence-corrected chi connectivity index (χ3v) is 11.2. The van der Waals surface area contributed by atoms with E-state index >= 15 is 0 Å². The van der Waals surface area contributed by atoms with Crippen molar-refractivity contribution in [2.45, 2.75) is 24.8 Å². The molecule has 0 radical (unpaired) electrons. The van der Waals surface area contributed by atoms with Gasteiger partial charge in [0.25, 0.3) is 5.91 Å². The van der Waals surface area contributed by atoms with Gasteiger partial charge >= 0.3 is 18.0 Å². The summed E-state index contributed by atoms with van der Waals surface area (Å²) >= 11 is 0. The molecule has 0 spiro atoms. The summed E-state index contributed by atoms with van der Waals surface area (Å²) in [5.74, 6) is -0.581. The van der Waals surface area contributed by atoms with Crippen LogP contribution < -0.4 is 0 Å². The fourth-order valence-corrected chi connectivity index (χ4v) is 8.64. The number of piperazine rings is 1. The summed E-state index contributed by atoms with van der Waals surface area (Å²) in [4.78, 5) is 59.4. The summed E-state index contributed by atoms with van der Waals surface area (Å²) in [6.07, 6.45) is 4.58. The van der Waals surface area contributed by atoms with E-state index in [0.29, 0.717) is 38.6 Å². The highest BCUT2D eigenvalue weighted by Crippen LogP contribution is 2.52. The van der Waals surface area contributed by atoms with Gasteiger partial charge in [-0.15, -0.1) is 0 Å². The lowest BCUT2D eigenvalue weighted by atomic mass is 9.75. The van der Waals surface area contributed by atoms with E-state index < -0.39 is 17.5 Å². The lowest BCUT2D eigenvalue weighted by Crippen LogP contribution is -2.57. The van der Waals surface area contributed by atoms with Gasteiger partial charge in [0.15, 0.2) is 0 Å². The first-order valence-electron chi connectivity index (χ1n) is 19.3. The molecule has 2 bridgehead atoms. The van der Waals surface area contributed by atoms with Gasteiger partial charge in [-0.1, -0.05) is 103 Å². The molecular formula is C43H49N3O9. The van der Waals surface area contributed by atoms with Crippen LogP contribution in [0.3, 0.4) is 0 Å². The van der Waals surface area contributed by atoms with Gasteiger partial charge in [-0.3, -0.25) is 14.5 Å². The number of hydroxylamine groups is 2. The Morgan fingerprint density at radius 3 is 1.69 bits per heavy atom. The van der Waals surface area contributed by atoms with Gasteiger partial charge in [0.1, 0.15) is 13.2 Å². The monoisotopic (exact) mass is 751 g/mol. The Morgan fingerprint density at radius 1 is 0.618 bits per heavy atom. The first-order chi connectivity index (χ1) is 26.9. The smallest absolute Gasteiger partial charge is 0.409 e. The Bertz CT molecular complexity index is 1690. The number of hydrogen-bond donors (Lipinski definition) is 0. The summed E-state index contributed by atoms with van der Waals surface area (Å²) < 4.78 is 21.7. The molecule has 2 aliphatic carbocycles. The van der Waals surface area contributed by atoms with Crippen molar-refractivity contribution < 1.29 is 43.0 Å². The lowest BCUT2D eigenvalue weighted by Gasteiger charge is -2.48. The summed E-state index contributed by atoms with van der Waals surface area (Å²) in [5, 5.41) is 1.17. The number of rotatable bonds is 17. The number of fused-ring (bicyclic) bond motifs is 5. The van der Waals surface area contributed by atoms with Crippen LogP contribution in [0.25, 0.3) is 0 Å². The quantitative estimate of drug-likeness (QED) is 0.0821. The zero-order chi connectivity index (χ0) is 38.0. The number of hydrogen-bond acceptors (Lipinski definition) is 10. The Hall–Kier alpha value is -5.04. The average Bonchev–Trinajstić information content (AvgIpc) is 3.93. The van der Waals surface area contributed by atoms with Crippen molar-refractivity contribution in [2.75, 3.05) is 72.4 Å². The van der Waals surface area contributed by atoms with Gasteiger partial charge in [-0.05, 0) is 40.9 Å². The molecule has 0 aromatic heterocycles. The number of allylic oxidation sites excluding steroid dienone is 2. The first kappa shape index (κ1) is 38.2. The molecule has 12 heteroatoms. The second-order valence-corrected chi connectivity index (χ2v) is 14.3. The molecule has 3 aromatic carbocycles. The van der Waals surface area contributed by atoms with Gasteiger partial charge < -0.3 is 28.7 Å². The fourth-order valence-electron chi connectivity index (χ4n) is 8.64. The average molecular weight is 752 g/mol. The molecule has 4 aliphatic rings. The lowest BCUT2D eigenvalue weighted by molar-refractivity contribution is -0.195. The van der Waals surface area contributed by atoms with E-state index in [4.69, 9.17) is 23.8 Å². The van der Waals surface area contributed by atoms with E-state index in [0.717, 1.165) is 6.42 Å². The second kappa shape index (κ2) is 18.1. The summed E-state index contributed by atoms with van der Waals surface area (Å²) in [5.41, 5.74) is 2.98. The molecule has 1 unspecified atom stereocenters. The van der Waals surface area contributed by atoms with Crippen LogP contribution in [0.1, 0.15) is 36.0 Å². The van der Waals surface area contributed by atoms with Crippen LogP contribution in [0.5, 0.6) is 0 Å². The van der Waals surface area contributed by atoms with Crippen LogP contribution in [0.4, 0.5) is 4.79 Å². The van der Waals surface area contributed by atoms with E-state index in [1.54, 1.807) is 4.90 Å². The van der Waals surface area contributed by atoms with Crippen molar-refractivity contribution in [3.63, 3.8) is 0 Å². The molecule has 2 saturated heterocycles. The number of nitrogens with zero attached hydrogens (tertiary/aromatic N) is 3. The molecule has 0 N–H and O–H groups in total. The molecule has 4 atom stereocenters. The topological polar surface area (TPSA) is 124 Å². The minimum absolute atomic E-state index is 0.0334. The Balaban J connectivity index is 0.751. The van der Waals surface area contributed by atoms with Crippen LogP contribution in [0, 0.1) is 23.7 Å². The maximum absolute atomic E-state index is 13.0. The van der Waals surface area contributed by atoms with E-state index in [9.17, 15) is 19.2 Å². The third-order valence-electron chi connectivity index (χ3n) is 11.2. The SMILES string of the molecule is O=C(CCC(=O)ON1C[C@H]2C(C1=O)[C@H]1C=C[C@@H]2C1)OCCOCCOCCOC(=O)N1CCN(C(c2ccccc2)(c2ccccc2)c2ccccc2)CC1. The zero-order valence-electron chi connectivity index (χ0n) is 31.0. The fraction of sp³-hybridized carbons (Fsp3) is 0.442. The molecule has 3 fully saturated rings. The largest absolute Gasteiger partial charge is 0.463 e. The second-order valence-electron chi connectivity index (χ2n) is 14.3. The maximum atomic E-state index is 13.0. The third kappa shape index (κ3) is 8.61.